The summed E-state index contributed by atoms with van der Waals surface area (Å²) in [7, 11) is 0. The van der Waals surface area contributed by atoms with Crippen molar-refractivity contribution in [1.82, 2.24) is 4.98 Å². The van der Waals surface area contributed by atoms with Gasteiger partial charge in [-0.3, -0.25) is 4.98 Å². The minimum absolute atomic E-state index is 0.672. The van der Waals surface area contributed by atoms with Gasteiger partial charge in [0.1, 0.15) is 0 Å². The molecule has 1 atom stereocenters. The van der Waals surface area contributed by atoms with E-state index >= 15 is 0 Å². The lowest BCUT2D eigenvalue weighted by Gasteiger charge is -2.10. The van der Waals surface area contributed by atoms with Crippen LogP contribution < -0.4 is 0 Å². The first-order valence-corrected chi connectivity index (χ1v) is 5.91. The Morgan fingerprint density at radius 3 is 2.81 bits per heavy atom. The van der Waals surface area contributed by atoms with Gasteiger partial charge in [-0.05, 0) is 48.4 Å². The van der Waals surface area contributed by atoms with Crippen LogP contribution >= 0.6 is 0 Å². The Hall–Kier alpha value is -1.63. The third-order valence-corrected chi connectivity index (χ3v) is 3.44. The lowest BCUT2D eigenvalue weighted by atomic mass is 9.96. The molecule has 0 aliphatic heterocycles. The molecular formula is C15H15N. The Bertz CT molecular complexity index is 476. The smallest absolute Gasteiger partial charge is 0.0409 e. The number of hydrogen-bond donors (Lipinski definition) is 0. The van der Waals surface area contributed by atoms with Crippen LogP contribution in [0.5, 0.6) is 0 Å². The van der Waals surface area contributed by atoms with Gasteiger partial charge in [0.25, 0.3) is 0 Å². The molecule has 1 nitrogen and oxygen atoms in total. The molecule has 0 bridgehead atoms. The maximum absolute atomic E-state index is 4.42. The molecule has 3 rings (SSSR count). The predicted molar refractivity (Wildman–Crippen MR) is 65.4 cm³/mol. The first kappa shape index (κ1) is 9.59. The summed E-state index contributed by atoms with van der Waals surface area (Å²) in [5, 5.41) is 0. The van der Waals surface area contributed by atoms with E-state index in [1.54, 1.807) is 0 Å². The molecule has 0 saturated carbocycles. The number of rotatable bonds is 2. The molecule has 80 valence electrons. The number of hydrogen-bond acceptors (Lipinski definition) is 1. The van der Waals surface area contributed by atoms with E-state index in [0.717, 1.165) is 6.42 Å². The van der Waals surface area contributed by atoms with Gasteiger partial charge in [0.2, 0.25) is 0 Å². The molecule has 0 amide bonds. The summed E-state index contributed by atoms with van der Waals surface area (Å²) in [6.45, 7) is 0. The van der Waals surface area contributed by atoms with Crippen molar-refractivity contribution in [2.24, 2.45) is 0 Å². The molecule has 0 spiro atoms. The quantitative estimate of drug-likeness (QED) is 0.739. The summed E-state index contributed by atoms with van der Waals surface area (Å²) in [6, 6.07) is 15.0. The summed E-state index contributed by atoms with van der Waals surface area (Å²) >= 11 is 0. The Labute approximate surface area is 96.2 Å². The summed E-state index contributed by atoms with van der Waals surface area (Å²) < 4.78 is 0. The van der Waals surface area contributed by atoms with Gasteiger partial charge in [-0.1, -0.05) is 30.3 Å². The van der Waals surface area contributed by atoms with Crippen molar-refractivity contribution in [2.75, 3.05) is 0 Å². The number of benzene rings is 1. The van der Waals surface area contributed by atoms with E-state index in [0.29, 0.717) is 5.92 Å². The molecule has 0 radical (unpaired) electrons. The Morgan fingerprint density at radius 1 is 1.06 bits per heavy atom. The molecule has 1 aliphatic rings. The highest BCUT2D eigenvalue weighted by molar-refractivity contribution is 5.35. The zero-order valence-corrected chi connectivity index (χ0v) is 9.26. The van der Waals surface area contributed by atoms with Crippen LogP contribution in [0.15, 0.2) is 48.7 Å². The average Bonchev–Trinajstić information content (AvgIpc) is 2.74. The van der Waals surface area contributed by atoms with Gasteiger partial charge in [-0.25, -0.2) is 0 Å². The highest BCUT2D eigenvalue weighted by Crippen LogP contribution is 2.34. The van der Waals surface area contributed by atoms with Crippen molar-refractivity contribution in [3.63, 3.8) is 0 Å². The second kappa shape index (κ2) is 4.09. The number of aromatic nitrogens is 1. The number of aryl methyl sites for hydroxylation is 1. The second-order valence-electron chi connectivity index (χ2n) is 4.46. The van der Waals surface area contributed by atoms with Crippen molar-refractivity contribution in [2.45, 2.75) is 25.2 Å². The molecule has 0 fully saturated rings. The Morgan fingerprint density at radius 2 is 1.94 bits per heavy atom. The molecule has 1 heterocycles. The van der Waals surface area contributed by atoms with Crippen molar-refractivity contribution < 1.29 is 0 Å². The van der Waals surface area contributed by atoms with E-state index < -0.39 is 0 Å². The second-order valence-corrected chi connectivity index (χ2v) is 4.46. The lowest BCUT2D eigenvalue weighted by Crippen LogP contribution is -2.00. The molecule has 1 aliphatic carbocycles. The van der Waals surface area contributed by atoms with Crippen LogP contribution in [-0.2, 0) is 12.8 Å². The molecule has 1 aromatic carbocycles. The fraction of sp³-hybridized carbons (Fsp3) is 0.267. The minimum Gasteiger partial charge on any atom is -0.261 e. The van der Waals surface area contributed by atoms with Crippen LogP contribution in [-0.4, -0.2) is 4.98 Å². The fourth-order valence-electron chi connectivity index (χ4n) is 2.63. The number of nitrogens with zero attached hydrogens (tertiary/aromatic N) is 1. The summed E-state index contributed by atoms with van der Waals surface area (Å²) in [4.78, 5) is 4.42. The highest BCUT2D eigenvalue weighted by atomic mass is 14.7. The molecule has 0 saturated heterocycles. The third-order valence-electron chi connectivity index (χ3n) is 3.44. The standard InChI is InChI=1S/C15H15N/c1-2-7-15-12(5-1)8-9-13(15)11-14-6-3-4-10-16-14/h1-7,10,13H,8-9,11H2. The average molecular weight is 209 g/mol. The van der Waals surface area contributed by atoms with Gasteiger partial charge in [0.15, 0.2) is 0 Å². The van der Waals surface area contributed by atoms with E-state index in [1.807, 2.05) is 12.3 Å². The van der Waals surface area contributed by atoms with Gasteiger partial charge < -0.3 is 0 Å². The highest BCUT2D eigenvalue weighted by Gasteiger charge is 2.22. The number of pyridine rings is 1. The molecule has 16 heavy (non-hydrogen) atoms. The Balaban J connectivity index is 1.84. The largest absolute Gasteiger partial charge is 0.261 e. The predicted octanol–water partition coefficient (Wildman–Crippen LogP) is 3.35. The first-order chi connectivity index (χ1) is 7.93. The summed E-state index contributed by atoms with van der Waals surface area (Å²) in [5.41, 5.74) is 4.28. The van der Waals surface area contributed by atoms with Gasteiger partial charge in [0, 0.05) is 11.9 Å². The zero-order valence-electron chi connectivity index (χ0n) is 9.26. The van der Waals surface area contributed by atoms with Crippen LogP contribution in [0.3, 0.4) is 0 Å². The van der Waals surface area contributed by atoms with E-state index in [1.165, 1.54) is 29.7 Å². The van der Waals surface area contributed by atoms with Crippen molar-refractivity contribution in [3.05, 3.63) is 65.5 Å². The van der Waals surface area contributed by atoms with Crippen LogP contribution in [0.4, 0.5) is 0 Å². The lowest BCUT2D eigenvalue weighted by molar-refractivity contribution is 0.663. The molecule has 0 N–H and O–H groups in total. The van der Waals surface area contributed by atoms with Crippen molar-refractivity contribution in [1.29, 1.82) is 0 Å². The minimum atomic E-state index is 0.672. The zero-order chi connectivity index (χ0) is 10.8. The van der Waals surface area contributed by atoms with E-state index in [9.17, 15) is 0 Å². The van der Waals surface area contributed by atoms with Gasteiger partial charge >= 0.3 is 0 Å². The van der Waals surface area contributed by atoms with Crippen LogP contribution in [0, 0.1) is 0 Å². The van der Waals surface area contributed by atoms with E-state index in [-0.39, 0.29) is 0 Å². The van der Waals surface area contributed by atoms with Crippen LogP contribution in [0.2, 0.25) is 0 Å². The van der Waals surface area contributed by atoms with Crippen LogP contribution in [0.1, 0.15) is 29.2 Å². The maximum atomic E-state index is 4.42. The first-order valence-electron chi connectivity index (χ1n) is 5.91. The van der Waals surface area contributed by atoms with Gasteiger partial charge in [0.05, 0.1) is 0 Å². The fourth-order valence-corrected chi connectivity index (χ4v) is 2.63. The monoisotopic (exact) mass is 209 g/mol. The molecule has 1 unspecified atom stereocenters. The normalized spacial score (nSPS) is 18.4. The molecule has 1 heteroatoms. The number of fused-ring (bicyclic) bond motifs is 1. The summed E-state index contributed by atoms with van der Waals surface area (Å²) in [6.07, 6.45) is 5.47. The van der Waals surface area contributed by atoms with E-state index in [4.69, 9.17) is 0 Å². The summed E-state index contributed by atoms with van der Waals surface area (Å²) in [5.74, 6) is 0.672. The topological polar surface area (TPSA) is 12.9 Å². The van der Waals surface area contributed by atoms with Crippen molar-refractivity contribution in [3.8, 4) is 0 Å². The molecular weight excluding hydrogens is 194 g/mol. The van der Waals surface area contributed by atoms with Gasteiger partial charge in [-0.2, -0.15) is 0 Å². The third kappa shape index (κ3) is 1.73. The maximum Gasteiger partial charge on any atom is 0.0409 e. The Kier molecular flexibility index (Phi) is 2.45. The SMILES string of the molecule is c1ccc(CC2CCc3ccccc32)nc1. The van der Waals surface area contributed by atoms with Crippen LogP contribution in [0.25, 0.3) is 0 Å². The van der Waals surface area contributed by atoms with E-state index in [2.05, 4.69) is 41.4 Å². The van der Waals surface area contributed by atoms with Crippen molar-refractivity contribution >= 4 is 0 Å². The van der Waals surface area contributed by atoms with Gasteiger partial charge in [-0.15, -0.1) is 0 Å². The molecule has 2 aromatic rings. The molecule has 1 aromatic heterocycles.